The molecule has 3 nitrogen and oxygen atoms in total. The maximum absolute atomic E-state index is 13.3. The van der Waals surface area contributed by atoms with E-state index in [2.05, 4.69) is 0 Å². The number of ketones is 1. The van der Waals surface area contributed by atoms with Gasteiger partial charge >= 0.3 is 0 Å². The Labute approximate surface area is 174 Å². The van der Waals surface area contributed by atoms with Crippen molar-refractivity contribution in [3.05, 3.63) is 99.5 Å². The highest BCUT2D eigenvalue weighted by atomic mass is 35.5. The molecule has 0 spiro atoms. The Morgan fingerprint density at radius 1 is 0.821 bits per heavy atom. The van der Waals surface area contributed by atoms with Crippen LogP contribution in [0.2, 0.25) is 10.0 Å². The van der Waals surface area contributed by atoms with Gasteiger partial charge in [-0.2, -0.15) is 0 Å². The Bertz CT molecular complexity index is 1070. The highest BCUT2D eigenvalue weighted by Gasteiger charge is 2.31. The Morgan fingerprint density at radius 3 is 1.86 bits per heavy atom. The number of aryl methyl sites for hydroxylation is 1. The number of hydrogen-bond acceptors (Lipinski definition) is 3. The first-order valence-corrected chi connectivity index (χ1v) is 10.9. The molecule has 0 bridgehead atoms. The van der Waals surface area contributed by atoms with Gasteiger partial charge in [0.25, 0.3) is 0 Å². The summed E-state index contributed by atoms with van der Waals surface area (Å²) in [5.74, 6) is -0.271. The lowest BCUT2D eigenvalue weighted by Crippen LogP contribution is -2.18. The van der Waals surface area contributed by atoms with Gasteiger partial charge in [-0.05, 0) is 61.0 Å². The van der Waals surface area contributed by atoms with E-state index in [1.807, 2.05) is 6.92 Å². The Balaban J connectivity index is 2.02. The van der Waals surface area contributed by atoms with Crippen molar-refractivity contribution in [1.82, 2.24) is 0 Å². The van der Waals surface area contributed by atoms with E-state index in [1.54, 1.807) is 72.8 Å². The number of rotatable bonds is 6. The third-order valence-corrected chi connectivity index (χ3v) is 7.12. The monoisotopic (exact) mass is 432 g/mol. The molecule has 3 aromatic carbocycles. The second-order valence-electron chi connectivity index (χ2n) is 6.53. The quantitative estimate of drug-likeness (QED) is 0.442. The molecule has 0 amide bonds. The van der Waals surface area contributed by atoms with Gasteiger partial charge in [0.05, 0.1) is 10.1 Å². The number of sulfone groups is 1. The third-order valence-electron chi connectivity index (χ3n) is 4.50. The van der Waals surface area contributed by atoms with E-state index in [9.17, 15) is 13.2 Å². The summed E-state index contributed by atoms with van der Waals surface area (Å²) in [4.78, 5) is 13.0. The van der Waals surface area contributed by atoms with Gasteiger partial charge in [-0.3, -0.25) is 4.79 Å². The number of carbonyl (C=O) groups is 1. The van der Waals surface area contributed by atoms with Gasteiger partial charge in [0.2, 0.25) is 0 Å². The summed E-state index contributed by atoms with van der Waals surface area (Å²) in [5.41, 5.74) is 1.90. The molecule has 0 radical (unpaired) electrons. The number of benzene rings is 3. The normalized spacial score (nSPS) is 12.5. The van der Waals surface area contributed by atoms with Crippen LogP contribution < -0.4 is 0 Å². The largest absolute Gasteiger partial charge is 0.294 e. The molecule has 0 aliphatic carbocycles. The van der Waals surface area contributed by atoms with Gasteiger partial charge in [-0.15, -0.1) is 0 Å². The molecular formula is C22H18Cl2O3S. The van der Waals surface area contributed by atoms with E-state index < -0.39 is 15.1 Å². The first-order valence-electron chi connectivity index (χ1n) is 8.62. The van der Waals surface area contributed by atoms with Crippen molar-refractivity contribution in [3.63, 3.8) is 0 Å². The first-order chi connectivity index (χ1) is 13.3. The second kappa shape index (κ2) is 8.48. The van der Waals surface area contributed by atoms with Gasteiger partial charge < -0.3 is 0 Å². The van der Waals surface area contributed by atoms with Crippen LogP contribution in [0.3, 0.4) is 0 Å². The zero-order valence-electron chi connectivity index (χ0n) is 15.1. The molecule has 0 aromatic heterocycles. The van der Waals surface area contributed by atoms with Gasteiger partial charge in [0.15, 0.2) is 15.6 Å². The average molecular weight is 433 g/mol. The molecule has 0 heterocycles. The molecule has 0 fully saturated rings. The minimum Gasteiger partial charge on any atom is -0.294 e. The number of halogens is 2. The molecule has 3 rings (SSSR count). The van der Waals surface area contributed by atoms with Crippen molar-refractivity contribution in [2.24, 2.45) is 0 Å². The molecule has 0 aliphatic rings. The Kier molecular flexibility index (Phi) is 6.23. The van der Waals surface area contributed by atoms with Crippen molar-refractivity contribution in [3.8, 4) is 0 Å². The molecule has 144 valence electrons. The van der Waals surface area contributed by atoms with E-state index in [-0.39, 0.29) is 17.1 Å². The predicted octanol–water partition coefficient (Wildman–Crippen LogP) is 6.09. The van der Waals surface area contributed by atoms with Gasteiger partial charge in [0, 0.05) is 22.0 Å². The lowest BCUT2D eigenvalue weighted by Gasteiger charge is -2.18. The topological polar surface area (TPSA) is 51.2 Å². The van der Waals surface area contributed by atoms with Crippen LogP contribution in [0.25, 0.3) is 0 Å². The zero-order valence-corrected chi connectivity index (χ0v) is 17.4. The molecule has 0 unspecified atom stereocenters. The van der Waals surface area contributed by atoms with Crippen molar-refractivity contribution in [2.75, 3.05) is 0 Å². The number of Topliss-reactive ketones (excluding diaryl/α,β-unsaturated/α-hetero) is 1. The summed E-state index contributed by atoms with van der Waals surface area (Å²) in [5, 5.41) is -0.00649. The van der Waals surface area contributed by atoms with Gasteiger partial charge in [-0.1, -0.05) is 53.0 Å². The van der Waals surface area contributed by atoms with Crippen LogP contribution in [-0.2, 0) is 9.84 Å². The number of hydrogen-bond donors (Lipinski definition) is 0. The maximum atomic E-state index is 13.3. The molecule has 6 heteroatoms. The van der Waals surface area contributed by atoms with Crippen LogP contribution in [0.15, 0.2) is 77.7 Å². The summed E-state index contributed by atoms with van der Waals surface area (Å²) in [6.07, 6.45) is -0.181. The minimum atomic E-state index is -3.78. The summed E-state index contributed by atoms with van der Waals surface area (Å²) in [6, 6.07) is 19.6. The predicted molar refractivity (Wildman–Crippen MR) is 113 cm³/mol. The summed E-state index contributed by atoms with van der Waals surface area (Å²) < 4.78 is 26.7. The molecular weight excluding hydrogens is 415 g/mol. The van der Waals surface area contributed by atoms with Crippen LogP contribution in [0.5, 0.6) is 0 Å². The zero-order chi connectivity index (χ0) is 20.3. The third kappa shape index (κ3) is 4.64. The van der Waals surface area contributed by atoms with E-state index in [0.717, 1.165) is 5.56 Å². The van der Waals surface area contributed by atoms with Crippen molar-refractivity contribution in [2.45, 2.75) is 23.5 Å². The molecule has 3 aromatic rings. The summed E-state index contributed by atoms with van der Waals surface area (Å²) in [6.45, 7) is 1.89. The van der Waals surface area contributed by atoms with E-state index in [4.69, 9.17) is 23.2 Å². The minimum absolute atomic E-state index is 0.181. The van der Waals surface area contributed by atoms with Crippen molar-refractivity contribution in [1.29, 1.82) is 0 Å². The fourth-order valence-electron chi connectivity index (χ4n) is 2.90. The smallest absolute Gasteiger partial charge is 0.185 e. The van der Waals surface area contributed by atoms with Crippen LogP contribution in [0.4, 0.5) is 0 Å². The molecule has 0 saturated heterocycles. The SMILES string of the molecule is Cc1ccc(S(=O)(=O)[C@@H](CC(=O)c2ccc(Cl)cc2)c2ccc(Cl)cc2)cc1. The standard InChI is InChI=1S/C22H18Cl2O3S/c1-15-2-12-20(13-3-15)28(26,27)22(17-6-10-19(24)11-7-17)14-21(25)16-4-8-18(23)9-5-16/h2-13,22H,14H2,1H3/t22-/m0/s1. The fourth-order valence-corrected chi connectivity index (χ4v) is 4.88. The van der Waals surface area contributed by atoms with Gasteiger partial charge in [-0.25, -0.2) is 8.42 Å². The van der Waals surface area contributed by atoms with E-state index in [0.29, 0.717) is 21.2 Å². The molecule has 0 N–H and O–H groups in total. The number of carbonyl (C=O) groups excluding carboxylic acids is 1. The Morgan fingerprint density at radius 2 is 1.32 bits per heavy atom. The van der Waals surface area contributed by atoms with Crippen molar-refractivity contribution >= 4 is 38.8 Å². The van der Waals surface area contributed by atoms with Gasteiger partial charge in [0.1, 0.15) is 0 Å². The Hall–Kier alpha value is -2.14. The molecule has 0 saturated carbocycles. The summed E-state index contributed by atoms with van der Waals surface area (Å²) >= 11 is 11.8. The van der Waals surface area contributed by atoms with Crippen LogP contribution in [0.1, 0.15) is 33.2 Å². The highest BCUT2D eigenvalue weighted by molar-refractivity contribution is 7.91. The summed E-state index contributed by atoms with van der Waals surface area (Å²) in [7, 11) is -3.78. The molecule has 1 atom stereocenters. The van der Waals surface area contributed by atoms with Crippen LogP contribution in [-0.4, -0.2) is 14.2 Å². The van der Waals surface area contributed by atoms with Crippen LogP contribution in [0, 0.1) is 6.92 Å². The van der Waals surface area contributed by atoms with Crippen molar-refractivity contribution < 1.29 is 13.2 Å². The molecule has 0 aliphatic heterocycles. The lowest BCUT2D eigenvalue weighted by molar-refractivity contribution is 0.0980. The maximum Gasteiger partial charge on any atom is 0.185 e. The first kappa shape index (κ1) is 20.6. The second-order valence-corrected chi connectivity index (χ2v) is 9.54. The average Bonchev–Trinajstić information content (AvgIpc) is 2.67. The molecule has 28 heavy (non-hydrogen) atoms. The highest BCUT2D eigenvalue weighted by Crippen LogP contribution is 2.34. The lowest BCUT2D eigenvalue weighted by atomic mass is 10.0. The van der Waals surface area contributed by atoms with E-state index >= 15 is 0 Å². The van der Waals surface area contributed by atoms with Crippen LogP contribution >= 0.6 is 23.2 Å². The van der Waals surface area contributed by atoms with E-state index in [1.165, 1.54) is 0 Å². The fraction of sp³-hybridized carbons (Fsp3) is 0.136.